The number of aryl methyl sites for hydroxylation is 1. The van der Waals surface area contributed by atoms with Crippen molar-refractivity contribution in [3.05, 3.63) is 57.3 Å². The SMILES string of the molecule is CCc1cc(Cl)nc(Cc2cccc(Cl)c2F)n1. The van der Waals surface area contributed by atoms with E-state index in [9.17, 15) is 4.39 Å². The van der Waals surface area contributed by atoms with Crippen LogP contribution >= 0.6 is 23.2 Å². The molecule has 1 aromatic carbocycles. The molecule has 0 fully saturated rings. The van der Waals surface area contributed by atoms with E-state index in [0.29, 0.717) is 16.5 Å². The lowest BCUT2D eigenvalue weighted by Gasteiger charge is -2.05. The monoisotopic (exact) mass is 284 g/mol. The molecule has 1 aromatic heterocycles. The molecular formula is C13H11Cl2FN2. The summed E-state index contributed by atoms with van der Waals surface area (Å²) < 4.78 is 13.7. The number of hydrogen-bond acceptors (Lipinski definition) is 2. The Morgan fingerprint density at radius 1 is 1.22 bits per heavy atom. The van der Waals surface area contributed by atoms with Gasteiger partial charge >= 0.3 is 0 Å². The van der Waals surface area contributed by atoms with Crippen LogP contribution in [0.3, 0.4) is 0 Å². The normalized spacial score (nSPS) is 10.7. The maximum absolute atomic E-state index is 13.7. The van der Waals surface area contributed by atoms with E-state index in [2.05, 4.69) is 9.97 Å². The van der Waals surface area contributed by atoms with Crippen LogP contribution in [0.4, 0.5) is 4.39 Å². The van der Waals surface area contributed by atoms with Crippen molar-refractivity contribution in [2.24, 2.45) is 0 Å². The Morgan fingerprint density at radius 3 is 2.72 bits per heavy atom. The molecule has 0 saturated heterocycles. The van der Waals surface area contributed by atoms with Gasteiger partial charge in [0, 0.05) is 12.1 Å². The van der Waals surface area contributed by atoms with Gasteiger partial charge in [-0.25, -0.2) is 14.4 Å². The van der Waals surface area contributed by atoms with Gasteiger partial charge in [0.15, 0.2) is 0 Å². The minimum atomic E-state index is -0.430. The van der Waals surface area contributed by atoms with Gasteiger partial charge < -0.3 is 0 Å². The second-order valence-corrected chi connectivity index (χ2v) is 4.64. The van der Waals surface area contributed by atoms with Gasteiger partial charge in [0.25, 0.3) is 0 Å². The molecule has 5 heteroatoms. The van der Waals surface area contributed by atoms with E-state index in [1.807, 2.05) is 6.92 Å². The molecule has 2 nitrogen and oxygen atoms in total. The van der Waals surface area contributed by atoms with Gasteiger partial charge in [-0.3, -0.25) is 0 Å². The Morgan fingerprint density at radius 2 is 2.00 bits per heavy atom. The predicted molar refractivity (Wildman–Crippen MR) is 70.6 cm³/mol. The molecule has 0 unspecified atom stereocenters. The Balaban J connectivity index is 2.34. The van der Waals surface area contributed by atoms with Crippen LogP contribution in [0.2, 0.25) is 10.2 Å². The zero-order valence-corrected chi connectivity index (χ0v) is 11.3. The summed E-state index contributed by atoms with van der Waals surface area (Å²) in [4.78, 5) is 8.41. The highest BCUT2D eigenvalue weighted by Gasteiger charge is 2.09. The van der Waals surface area contributed by atoms with Crippen LogP contribution in [0.5, 0.6) is 0 Å². The quantitative estimate of drug-likeness (QED) is 0.794. The molecule has 18 heavy (non-hydrogen) atoms. The van der Waals surface area contributed by atoms with Gasteiger partial charge in [-0.2, -0.15) is 0 Å². The number of halogens is 3. The van der Waals surface area contributed by atoms with E-state index in [0.717, 1.165) is 12.1 Å². The summed E-state index contributed by atoms with van der Waals surface area (Å²) in [5.74, 6) is 0.0707. The van der Waals surface area contributed by atoms with E-state index in [-0.39, 0.29) is 11.4 Å². The fraction of sp³-hybridized carbons (Fsp3) is 0.231. The highest BCUT2D eigenvalue weighted by molar-refractivity contribution is 6.30. The number of hydrogen-bond donors (Lipinski definition) is 0. The van der Waals surface area contributed by atoms with Crippen LogP contribution in [0, 0.1) is 5.82 Å². The number of nitrogens with zero attached hydrogens (tertiary/aromatic N) is 2. The van der Waals surface area contributed by atoms with E-state index < -0.39 is 5.82 Å². The summed E-state index contributed by atoms with van der Waals surface area (Å²) in [5.41, 5.74) is 1.30. The molecule has 0 aliphatic carbocycles. The molecule has 0 bridgehead atoms. The van der Waals surface area contributed by atoms with Gasteiger partial charge in [0.1, 0.15) is 16.8 Å². The molecule has 0 aliphatic heterocycles. The third kappa shape index (κ3) is 2.98. The molecule has 94 valence electrons. The third-order valence-electron chi connectivity index (χ3n) is 2.54. The van der Waals surface area contributed by atoms with Crippen molar-refractivity contribution in [3.8, 4) is 0 Å². The van der Waals surface area contributed by atoms with Crippen molar-refractivity contribution in [2.75, 3.05) is 0 Å². The Kier molecular flexibility index (Phi) is 4.15. The summed E-state index contributed by atoms with van der Waals surface area (Å²) in [6, 6.07) is 6.58. The second kappa shape index (κ2) is 5.63. The molecule has 1 heterocycles. The highest BCUT2D eigenvalue weighted by atomic mass is 35.5. The highest BCUT2D eigenvalue weighted by Crippen LogP contribution is 2.20. The van der Waals surface area contributed by atoms with Gasteiger partial charge in [-0.15, -0.1) is 0 Å². The standard InChI is InChI=1S/C13H11Cl2FN2/c1-2-9-7-11(15)18-12(17-9)6-8-4-3-5-10(14)13(8)16/h3-5,7H,2,6H2,1H3. The number of benzene rings is 1. The molecule has 2 rings (SSSR count). The number of rotatable bonds is 3. The smallest absolute Gasteiger partial charge is 0.145 e. The van der Waals surface area contributed by atoms with Crippen molar-refractivity contribution >= 4 is 23.2 Å². The lowest BCUT2D eigenvalue weighted by Crippen LogP contribution is -2.02. The Bertz CT molecular complexity index is 573. The van der Waals surface area contributed by atoms with Crippen LogP contribution in [0.15, 0.2) is 24.3 Å². The zero-order valence-electron chi connectivity index (χ0n) is 9.75. The topological polar surface area (TPSA) is 25.8 Å². The van der Waals surface area contributed by atoms with Crippen LogP contribution in [0.1, 0.15) is 24.0 Å². The van der Waals surface area contributed by atoms with E-state index in [1.165, 1.54) is 6.07 Å². The Labute approximate surface area is 115 Å². The summed E-state index contributed by atoms with van der Waals surface area (Å²) in [5, 5.41) is 0.476. The van der Waals surface area contributed by atoms with E-state index >= 15 is 0 Å². The van der Waals surface area contributed by atoms with E-state index in [1.54, 1.807) is 18.2 Å². The first-order chi connectivity index (χ1) is 8.60. The molecule has 0 amide bonds. The summed E-state index contributed by atoms with van der Waals surface area (Å²) in [6.45, 7) is 1.97. The summed E-state index contributed by atoms with van der Waals surface area (Å²) >= 11 is 11.6. The first-order valence-corrected chi connectivity index (χ1v) is 6.31. The van der Waals surface area contributed by atoms with Gasteiger partial charge in [0.2, 0.25) is 0 Å². The average Bonchev–Trinajstić information content (AvgIpc) is 2.34. The molecule has 2 aromatic rings. The summed E-state index contributed by atoms with van der Waals surface area (Å²) in [7, 11) is 0. The zero-order chi connectivity index (χ0) is 13.1. The van der Waals surface area contributed by atoms with Crippen LogP contribution in [0.25, 0.3) is 0 Å². The minimum absolute atomic E-state index is 0.102. The molecule has 0 saturated carbocycles. The van der Waals surface area contributed by atoms with Crippen molar-refractivity contribution < 1.29 is 4.39 Å². The lowest BCUT2D eigenvalue weighted by atomic mass is 10.1. The largest absolute Gasteiger partial charge is 0.237 e. The molecule has 0 N–H and O–H groups in total. The third-order valence-corrected chi connectivity index (χ3v) is 3.02. The second-order valence-electron chi connectivity index (χ2n) is 3.84. The van der Waals surface area contributed by atoms with Crippen LogP contribution in [-0.4, -0.2) is 9.97 Å². The maximum Gasteiger partial charge on any atom is 0.145 e. The van der Waals surface area contributed by atoms with Gasteiger partial charge in [-0.1, -0.05) is 42.3 Å². The maximum atomic E-state index is 13.7. The van der Waals surface area contributed by atoms with Crippen molar-refractivity contribution in [1.82, 2.24) is 9.97 Å². The fourth-order valence-corrected chi connectivity index (χ4v) is 2.05. The predicted octanol–water partition coefficient (Wildman–Crippen LogP) is 4.08. The summed E-state index contributed by atoms with van der Waals surface area (Å²) in [6.07, 6.45) is 1.03. The molecule has 0 radical (unpaired) electrons. The van der Waals surface area contributed by atoms with E-state index in [4.69, 9.17) is 23.2 Å². The average molecular weight is 285 g/mol. The molecule has 0 atom stereocenters. The minimum Gasteiger partial charge on any atom is -0.237 e. The first kappa shape index (κ1) is 13.2. The van der Waals surface area contributed by atoms with Crippen molar-refractivity contribution in [3.63, 3.8) is 0 Å². The number of aromatic nitrogens is 2. The van der Waals surface area contributed by atoms with Crippen molar-refractivity contribution in [1.29, 1.82) is 0 Å². The molecule has 0 spiro atoms. The lowest BCUT2D eigenvalue weighted by molar-refractivity contribution is 0.612. The first-order valence-electron chi connectivity index (χ1n) is 5.55. The van der Waals surface area contributed by atoms with Crippen LogP contribution < -0.4 is 0 Å². The molecule has 0 aliphatic rings. The van der Waals surface area contributed by atoms with Gasteiger partial charge in [-0.05, 0) is 24.1 Å². The fourth-order valence-electron chi connectivity index (χ4n) is 1.63. The van der Waals surface area contributed by atoms with Crippen molar-refractivity contribution in [2.45, 2.75) is 19.8 Å². The van der Waals surface area contributed by atoms with Crippen LogP contribution in [-0.2, 0) is 12.8 Å². The molecular weight excluding hydrogens is 274 g/mol. The van der Waals surface area contributed by atoms with Gasteiger partial charge in [0.05, 0.1) is 5.02 Å². The Hall–Kier alpha value is -1.19.